The quantitative estimate of drug-likeness (QED) is 0.505. The standard InChI is InChI=1S/C15H11ClN2O5/c16-12-6-5-11(23-12)14(20)22-9-3-1-8(2-4-9)7-10-13(19)18-15(21)17-10/h1-6,10H,7H2,(H2,17,18,19,21). The van der Waals surface area contributed by atoms with Gasteiger partial charge >= 0.3 is 12.0 Å². The van der Waals surface area contributed by atoms with Gasteiger partial charge in [-0.15, -0.1) is 0 Å². The Bertz CT molecular complexity index is 768. The van der Waals surface area contributed by atoms with Gasteiger partial charge in [0.1, 0.15) is 11.8 Å². The molecule has 1 saturated heterocycles. The second kappa shape index (κ2) is 6.13. The van der Waals surface area contributed by atoms with Gasteiger partial charge in [-0.3, -0.25) is 10.1 Å². The summed E-state index contributed by atoms with van der Waals surface area (Å²) < 4.78 is 10.1. The number of carbonyl (C=O) groups is 3. The van der Waals surface area contributed by atoms with Crippen molar-refractivity contribution in [1.82, 2.24) is 10.6 Å². The van der Waals surface area contributed by atoms with E-state index < -0.39 is 18.0 Å². The number of furan rings is 1. The first-order chi connectivity index (χ1) is 11.0. The highest BCUT2D eigenvalue weighted by Crippen LogP contribution is 2.18. The molecule has 8 heteroatoms. The van der Waals surface area contributed by atoms with Gasteiger partial charge in [0.2, 0.25) is 5.76 Å². The fraction of sp³-hybridized carbons (Fsp3) is 0.133. The van der Waals surface area contributed by atoms with E-state index in [-0.39, 0.29) is 16.9 Å². The van der Waals surface area contributed by atoms with Crippen molar-refractivity contribution in [1.29, 1.82) is 0 Å². The van der Waals surface area contributed by atoms with Gasteiger partial charge < -0.3 is 14.5 Å². The SMILES string of the molecule is O=C1NC(=O)C(Cc2ccc(OC(=O)c3ccc(Cl)o3)cc2)N1. The zero-order valence-corrected chi connectivity index (χ0v) is 12.4. The summed E-state index contributed by atoms with van der Waals surface area (Å²) in [7, 11) is 0. The van der Waals surface area contributed by atoms with Gasteiger partial charge in [0.15, 0.2) is 5.22 Å². The molecule has 1 atom stereocenters. The van der Waals surface area contributed by atoms with Crippen molar-refractivity contribution < 1.29 is 23.5 Å². The lowest BCUT2D eigenvalue weighted by atomic mass is 10.1. The van der Waals surface area contributed by atoms with Crippen LogP contribution >= 0.6 is 11.6 Å². The van der Waals surface area contributed by atoms with E-state index in [0.717, 1.165) is 5.56 Å². The minimum atomic E-state index is -0.660. The van der Waals surface area contributed by atoms with Crippen LogP contribution in [0.5, 0.6) is 5.75 Å². The predicted molar refractivity (Wildman–Crippen MR) is 79.3 cm³/mol. The van der Waals surface area contributed by atoms with Crippen LogP contribution in [-0.4, -0.2) is 23.9 Å². The summed E-state index contributed by atoms with van der Waals surface area (Å²) in [6.45, 7) is 0. The van der Waals surface area contributed by atoms with Crippen LogP contribution in [0.3, 0.4) is 0 Å². The highest BCUT2D eigenvalue weighted by molar-refractivity contribution is 6.29. The lowest BCUT2D eigenvalue weighted by molar-refractivity contribution is -0.120. The van der Waals surface area contributed by atoms with Crippen LogP contribution in [-0.2, 0) is 11.2 Å². The minimum absolute atomic E-state index is 0.00409. The number of esters is 1. The highest BCUT2D eigenvalue weighted by atomic mass is 35.5. The Labute approximate surface area is 135 Å². The van der Waals surface area contributed by atoms with Crippen molar-refractivity contribution >= 4 is 29.5 Å². The summed E-state index contributed by atoms with van der Waals surface area (Å²) >= 11 is 5.59. The van der Waals surface area contributed by atoms with Crippen LogP contribution in [0.1, 0.15) is 16.1 Å². The van der Waals surface area contributed by atoms with Crippen molar-refractivity contribution in [3.63, 3.8) is 0 Å². The van der Waals surface area contributed by atoms with Crippen molar-refractivity contribution in [2.24, 2.45) is 0 Å². The van der Waals surface area contributed by atoms with Crippen LogP contribution in [0.25, 0.3) is 0 Å². The molecule has 3 amide bonds. The Kier molecular flexibility index (Phi) is 4.03. The van der Waals surface area contributed by atoms with Crippen molar-refractivity contribution in [2.45, 2.75) is 12.5 Å². The molecule has 7 nitrogen and oxygen atoms in total. The minimum Gasteiger partial charge on any atom is -0.438 e. The first-order valence-electron chi connectivity index (χ1n) is 6.69. The Balaban J connectivity index is 1.62. The largest absolute Gasteiger partial charge is 0.438 e. The number of ether oxygens (including phenoxy) is 1. The van der Waals surface area contributed by atoms with E-state index in [9.17, 15) is 14.4 Å². The Morgan fingerprint density at radius 3 is 2.48 bits per heavy atom. The van der Waals surface area contributed by atoms with Crippen LogP contribution in [0.15, 0.2) is 40.8 Å². The smallest absolute Gasteiger partial charge is 0.379 e. The molecule has 0 aliphatic carbocycles. The third kappa shape index (κ3) is 3.51. The number of hydrogen-bond acceptors (Lipinski definition) is 5. The van der Waals surface area contributed by atoms with Crippen molar-refractivity contribution in [2.75, 3.05) is 0 Å². The molecular formula is C15H11ClN2O5. The monoisotopic (exact) mass is 334 g/mol. The van der Waals surface area contributed by atoms with Gasteiger partial charge in [0.25, 0.3) is 5.91 Å². The molecule has 3 rings (SSSR count). The summed E-state index contributed by atoms with van der Waals surface area (Å²) in [5, 5.41) is 4.78. The zero-order valence-electron chi connectivity index (χ0n) is 11.7. The third-order valence-corrected chi connectivity index (χ3v) is 3.41. The van der Waals surface area contributed by atoms with Gasteiger partial charge in [-0.2, -0.15) is 0 Å². The summed E-state index contributed by atoms with van der Waals surface area (Å²) in [5.41, 5.74) is 0.813. The molecule has 1 aliphatic heterocycles. The number of amides is 3. The van der Waals surface area contributed by atoms with Crippen LogP contribution in [0, 0.1) is 0 Å². The summed E-state index contributed by atoms with van der Waals surface area (Å²) in [4.78, 5) is 34.3. The molecular weight excluding hydrogens is 324 g/mol. The number of imide groups is 1. The molecule has 2 N–H and O–H groups in total. The number of benzene rings is 1. The molecule has 1 fully saturated rings. The van der Waals surface area contributed by atoms with Gasteiger partial charge in [0.05, 0.1) is 0 Å². The van der Waals surface area contributed by atoms with Crippen molar-refractivity contribution in [3.8, 4) is 5.75 Å². The second-order valence-electron chi connectivity index (χ2n) is 4.86. The first-order valence-corrected chi connectivity index (χ1v) is 7.07. The van der Waals surface area contributed by atoms with Crippen LogP contribution in [0.2, 0.25) is 5.22 Å². The van der Waals surface area contributed by atoms with E-state index in [1.807, 2.05) is 0 Å². The van der Waals surface area contributed by atoms with Gasteiger partial charge in [-0.25, -0.2) is 9.59 Å². The number of hydrogen-bond donors (Lipinski definition) is 2. The molecule has 1 aromatic carbocycles. The number of carbonyl (C=O) groups excluding carboxylic acids is 3. The molecule has 1 aliphatic rings. The average molecular weight is 335 g/mol. The van der Waals surface area contributed by atoms with E-state index in [2.05, 4.69) is 10.6 Å². The summed E-state index contributed by atoms with van der Waals surface area (Å²) in [5.74, 6) is -0.692. The molecule has 1 aromatic heterocycles. The Morgan fingerprint density at radius 1 is 1.17 bits per heavy atom. The maximum absolute atomic E-state index is 11.8. The number of rotatable bonds is 4. The molecule has 2 aromatic rings. The highest BCUT2D eigenvalue weighted by Gasteiger charge is 2.29. The lowest BCUT2D eigenvalue weighted by Crippen LogP contribution is -2.31. The normalized spacial score (nSPS) is 16.8. The van der Waals surface area contributed by atoms with Crippen molar-refractivity contribution in [3.05, 3.63) is 52.9 Å². The number of urea groups is 1. The van der Waals surface area contributed by atoms with Gasteiger partial charge in [0, 0.05) is 6.42 Å². The lowest BCUT2D eigenvalue weighted by Gasteiger charge is -2.08. The predicted octanol–water partition coefficient (Wildman–Crippen LogP) is 1.90. The van der Waals surface area contributed by atoms with E-state index >= 15 is 0 Å². The van der Waals surface area contributed by atoms with Crippen LogP contribution < -0.4 is 15.4 Å². The number of halogens is 1. The van der Waals surface area contributed by atoms with Crippen LogP contribution in [0.4, 0.5) is 4.79 Å². The maximum atomic E-state index is 11.8. The molecule has 23 heavy (non-hydrogen) atoms. The van der Waals surface area contributed by atoms with E-state index in [1.54, 1.807) is 24.3 Å². The van der Waals surface area contributed by atoms with E-state index in [0.29, 0.717) is 12.2 Å². The number of nitrogens with one attached hydrogen (secondary N) is 2. The molecule has 0 spiro atoms. The van der Waals surface area contributed by atoms with Gasteiger partial charge in [-0.1, -0.05) is 12.1 Å². The molecule has 0 radical (unpaired) electrons. The van der Waals surface area contributed by atoms with Gasteiger partial charge in [-0.05, 0) is 41.4 Å². The van der Waals surface area contributed by atoms with E-state index in [4.69, 9.17) is 20.8 Å². The van der Waals surface area contributed by atoms with E-state index in [1.165, 1.54) is 12.1 Å². The molecule has 0 saturated carbocycles. The molecule has 1 unspecified atom stereocenters. The Morgan fingerprint density at radius 2 is 1.91 bits per heavy atom. The average Bonchev–Trinajstić information content (AvgIpc) is 3.07. The molecule has 0 bridgehead atoms. The topological polar surface area (TPSA) is 97.6 Å². The molecule has 118 valence electrons. The fourth-order valence-electron chi connectivity index (χ4n) is 2.11. The third-order valence-electron chi connectivity index (χ3n) is 3.21. The zero-order chi connectivity index (χ0) is 16.4. The summed E-state index contributed by atoms with van der Waals surface area (Å²) in [6.07, 6.45) is 0.347. The molecule has 2 heterocycles. The Hall–Kier alpha value is -2.80. The fourth-order valence-corrected chi connectivity index (χ4v) is 2.26. The summed E-state index contributed by atoms with van der Waals surface area (Å²) in [6, 6.07) is 8.36. The second-order valence-corrected chi connectivity index (χ2v) is 5.23. The maximum Gasteiger partial charge on any atom is 0.379 e. The first kappa shape index (κ1) is 15.1.